The number of carbonyl (C=O) groups is 2. The lowest BCUT2D eigenvalue weighted by Gasteiger charge is -2.41. The van der Waals surface area contributed by atoms with E-state index in [9.17, 15) is 35.9 Å². The quantitative estimate of drug-likeness (QED) is 0.254. The maximum Gasteiger partial charge on any atom is 0.416 e. The molecule has 0 aliphatic carbocycles. The number of rotatable bonds is 6. The summed E-state index contributed by atoms with van der Waals surface area (Å²) in [6.45, 7) is 0.0153. The number of hydrogen-bond donors (Lipinski definition) is 0. The first-order valence-electron chi connectivity index (χ1n) is 12.6. The fourth-order valence-corrected chi connectivity index (χ4v) is 4.62. The van der Waals surface area contributed by atoms with Crippen molar-refractivity contribution < 1.29 is 40.7 Å². The molecule has 1 fully saturated rings. The lowest BCUT2D eigenvalue weighted by molar-refractivity contribution is -0.143. The van der Waals surface area contributed by atoms with Gasteiger partial charge in [-0.1, -0.05) is 42.5 Å². The Morgan fingerprint density at radius 3 is 2.05 bits per heavy atom. The third-order valence-electron chi connectivity index (χ3n) is 6.74. The Bertz CT molecular complexity index is 1370. The first-order chi connectivity index (χ1) is 19.3. The van der Waals surface area contributed by atoms with Crippen molar-refractivity contribution in [2.75, 3.05) is 26.7 Å². The molecule has 1 aliphatic heterocycles. The van der Waals surface area contributed by atoms with Crippen molar-refractivity contribution in [1.82, 2.24) is 9.80 Å². The van der Waals surface area contributed by atoms with E-state index in [1.54, 1.807) is 60.7 Å². The Morgan fingerprint density at radius 2 is 1.49 bits per heavy atom. The molecule has 4 rings (SSSR count). The average molecular weight is 577 g/mol. The SMILES string of the molecule is COc1ccc(C=CC(=O)N2CCN(C(=O)c3cc(C(F)(F)F)cc(C(F)(F)F)c3)[C@H](Cc3ccccc3)C2)cc1. The second kappa shape index (κ2) is 12.1. The smallest absolute Gasteiger partial charge is 0.416 e. The third-order valence-corrected chi connectivity index (χ3v) is 6.74. The highest BCUT2D eigenvalue weighted by Crippen LogP contribution is 2.37. The molecule has 0 aromatic heterocycles. The fourth-order valence-electron chi connectivity index (χ4n) is 4.62. The van der Waals surface area contributed by atoms with E-state index in [4.69, 9.17) is 4.74 Å². The Balaban J connectivity index is 1.60. The minimum Gasteiger partial charge on any atom is -0.497 e. The maximum absolute atomic E-state index is 13.5. The summed E-state index contributed by atoms with van der Waals surface area (Å²) in [4.78, 5) is 29.2. The number of benzene rings is 3. The molecule has 5 nitrogen and oxygen atoms in total. The Hall–Kier alpha value is -4.28. The molecular weight excluding hydrogens is 550 g/mol. The zero-order valence-corrected chi connectivity index (χ0v) is 21.9. The predicted molar refractivity (Wildman–Crippen MR) is 140 cm³/mol. The van der Waals surface area contributed by atoms with Gasteiger partial charge in [-0.05, 0) is 54.0 Å². The van der Waals surface area contributed by atoms with Crippen LogP contribution in [-0.4, -0.2) is 54.4 Å². The van der Waals surface area contributed by atoms with Crippen LogP contribution in [0.1, 0.15) is 32.6 Å². The molecule has 11 heteroatoms. The Kier molecular flexibility index (Phi) is 8.74. The second-order valence-electron chi connectivity index (χ2n) is 9.53. The molecule has 0 unspecified atom stereocenters. The molecule has 0 bridgehead atoms. The van der Waals surface area contributed by atoms with Gasteiger partial charge >= 0.3 is 12.4 Å². The van der Waals surface area contributed by atoms with Gasteiger partial charge in [-0.25, -0.2) is 0 Å². The van der Waals surface area contributed by atoms with Gasteiger partial charge in [0, 0.05) is 31.3 Å². The van der Waals surface area contributed by atoms with Crippen molar-refractivity contribution in [3.8, 4) is 5.75 Å². The zero-order chi connectivity index (χ0) is 29.8. The highest BCUT2D eigenvalue weighted by Gasteiger charge is 2.39. The van der Waals surface area contributed by atoms with Gasteiger partial charge in [0.25, 0.3) is 5.91 Å². The number of nitrogens with zero attached hydrogens (tertiary/aromatic N) is 2. The van der Waals surface area contributed by atoms with Crippen LogP contribution in [0.15, 0.2) is 78.9 Å². The molecule has 2 amide bonds. The predicted octanol–water partition coefficient (Wildman–Crippen LogP) is 6.34. The minimum atomic E-state index is -5.08. The molecule has 1 aliphatic rings. The van der Waals surface area contributed by atoms with Crippen LogP contribution < -0.4 is 4.74 Å². The van der Waals surface area contributed by atoms with Crippen LogP contribution >= 0.6 is 0 Å². The van der Waals surface area contributed by atoms with Crippen molar-refractivity contribution in [3.05, 3.63) is 107 Å². The van der Waals surface area contributed by atoms with Gasteiger partial charge in [-0.2, -0.15) is 26.3 Å². The van der Waals surface area contributed by atoms with E-state index in [0.717, 1.165) is 11.1 Å². The number of methoxy groups -OCH3 is 1. The Labute approximate surface area is 232 Å². The van der Waals surface area contributed by atoms with Crippen molar-refractivity contribution >= 4 is 17.9 Å². The lowest BCUT2D eigenvalue weighted by Crippen LogP contribution is -2.57. The number of amides is 2. The highest BCUT2D eigenvalue weighted by molar-refractivity contribution is 5.96. The number of hydrogen-bond acceptors (Lipinski definition) is 3. The fraction of sp³-hybridized carbons (Fsp3) is 0.267. The van der Waals surface area contributed by atoms with Gasteiger partial charge in [0.1, 0.15) is 5.75 Å². The monoisotopic (exact) mass is 576 g/mol. The van der Waals surface area contributed by atoms with Crippen molar-refractivity contribution in [2.24, 2.45) is 0 Å². The van der Waals surface area contributed by atoms with Crippen LogP contribution in [0.5, 0.6) is 5.75 Å². The molecule has 0 N–H and O–H groups in total. The van der Waals surface area contributed by atoms with Gasteiger partial charge < -0.3 is 14.5 Å². The Morgan fingerprint density at radius 1 is 0.878 bits per heavy atom. The van der Waals surface area contributed by atoms with Gasteiger partial charge in [0.2, 0.25) is 5.91 Å². The number of carbonyl (C=O) groups excluding carboxylic acids is 2. The van der Waals surface area contributed by atoms with Crippen molar-refractivity contribution in [2.45, 2.75) is 24.8 Å². The molecule has 0 saturated carbocycles. The average Bonchev–Trinajstić information content (AvgIpc) is 2.95. The van der Waals surface area contributed by atoms with Crippen molar-refractivity contribution in [1.29, 1.82) is 0 Å². The molecule has 1 atom stereocenters. The standard InChI is InChI=1S/C30H26F6N2O3/c1-41-26-10-7-20(8-11-26)9-12-27(39)37-13-14-38(25(19-37)15-21-5-3-2-4-6-21)28(40)22-16-23(29(31,32)33)18-24(17-22)30(34,35)36/h2-12,16-18,25H,13-15,19H2,1H3/t25-/m1/s1. The topological polar surface area (TPSA) is 49.9 Å². The van der Waals surface area contributed by atoms with Crippen LogP contribution in [0.3, 0.4) is 0 Å². The summed E-state index contributed by atoms with van der Waals surface area (Å²) in [7, 11) is 1.53. The van der Waals surface area contributed by atoms with Crippen LogP contribution in [0.4, 0.5) is 26.3 Å². The van der Waals surface area contributed by atoms with Gasteiger partial charge in [-0.15, -0.1) is 0 Å². The molecule has 216 valence electrons. The summed E-state index contributed by atoms with van der Waals surface area (Å²) in [5.41, 5.74) is -2.30. The van der Waals surface area contributed by atoms with Gasteiger partial charge in [-0.3, -0.25) is 9.59 Å². The largest absolute Gasteiger partial charge is 0.497 e. The number of alkyl halides is 6. The first-order valence-corrected chi connectivity index (χ1v) is 12.6. The summed E-state index contributed by atoms with van der Waals surface area (Å²) >= 11 is 0. The second-order valence-corrected chi connectivity index (χ2v) is 9.53. The third kappa shape index (κ3) is 7.47. The molecule has 3 aromatic carbocycles. The summed E-state index contributed by atoms with van der Waals surface area (Å²) < 4.78 is 85.7. The van der Waals surface area contributed by atoms with E-state index in [0.29, 0.717) is 17.9 Å². The van der Waals surface area contributed by atoms with Gasteiger partial charge in [0.15, 0.2) is 0 Å². The molecular formula is C30H26F6N2O3. The normalized spacial score (nSPS) is 16.2. The maximum atomic E-state index is 13.5. The molecule has 1 heterocycles. The molecule has 0 spiro atoms. The van der Waals surface area contributed by atoms with E-state index in [1.165, 1.54) is 23.0 Å². The molecule has 0 radical (unpaired) electrons. The lowest BCUT2D eigenvalue weighted by atomic mass is 9.99. The summed E-state index contributed by atoms with van der Waals surface area (Å²) in [6, 6.07) is 16.1. The van der Waals surface area contributed by atoms with E-state index in [1.807, 2.05) is 0 Å². The van der Waals surface area contributed by atoms with E-state index < -0.39 is 41.0 Å². The molecule has 41 heavy (non-hydrogen) atoms. The van der Waals surface area contributed by atoms with E-state index >= 15 is 0 Å². The minimum absolute atomic E-state index is 0.00993. The highest BCUT2D eigenvalue weighted by atomic mass is 19.4. The van der Waals surface area contributed by atoms with Crippen LogP contribution in [0.25, 0.3) is 6.08 Å². The number of ether oxygens (including phenoxy) is 1. The van der Waals surface area contributed by atoms with Crippen LogP contribution in [0.2, 0.25) is 0 Å². The number of piperazine rings is 1. The molecule has 1 saturated heterocycles. The molecule has 3 aromatic rings. The summed E-state index contributed by atoms with van der Waals surface area (Å²) in [6.07, 6.45) is -6.93. The summed E-state index contributed by atoms with van der Waals surface area (Å²) in [5, 5.41) is 0. The number of halogens is 6. The zero-order valence-electron chi connectivity index (χ0n) is 21.9. The summed E-state index contributed by atoms with van der Waals surface area (Å²) in [5.74, 6) is -0.658. The van der Waals surface area contributed by atoms with Gasteiger partial charge in [0.05, 0.1) is 24.3 Å². The van der Waals surface area contributed by atoms with E-state index in [-0.39, 0.29) is 38.0 Å². The first kappa shape index (κ1) is 29.7. The van der Waals surface area contributed by atoms with Crippen molar-refractivity contribution in [3.63, 3.8) is 0 Å². The van der Waals surface area contributed by atoms with E-state index in [2.05, 4.69) is 0 Å². The van der Waals surface area contributed by atoms with Crippen LogP contribution in [-0.2, 0) is 23.6 Å². The van der Waals surface area contributed by atoms with Crippen LogP contribution in [0, 0.1) is 0 Å².